The third kappa shape index (κ3) is 4.50. The molecule has 2 amide bonds. The van der Waals surface area contributed by atoms with E-state index in [4.69, 9.17) is 4.74 Å². The largest absolute Gasteiger partial charge is 0.378 e. The van der Waals surface area contributed by atoms with Gasteiger partial charge in [0.2, 0.25) is 11.5 Å². The molecule has 1 aromatic rings. The number of carbonyl (C=O) groups is 2. The summed E-state index contributed by atoms with van der Waals surface area (Å²) in [6.45, 7) is 3.06. The van der Waals surface area contributed by atoms with Crippen molar-refractivity contribution in [2.75, 3.05) is 39.9 Å². The summed E-state index contributed by atoms with van der Waals surface area (Å²) in [7, 11) is 2.01. The molecule has 0 aliphatic carbocycles. The van der Waals surface area contributed by atoms with Crippen molar-refractivity contribution in [1.82, 2.24) is 20.1 Å². The van der Waals surface area contributed by atoms with E-state index in [1.165, 1.54) is 6.07 Å². The van der Waals surface area contributed by atoms with Crippen LogP contribution in [0.3, 0.4) is 0 Å². The minimum absolute atomic E-state index is 0.177. The lowest BCUT2D eigenvalue weighted by molar-refractivity contribution is -0.136. The van der Waals surface area contributed by atoms with E-state index in [2.05, 4.69) is 15.2 Å². The number of aromatic nitrogens is 1. The summed E-state index contributed by atoms with van der Waals surface area (Å²) in [5.41, 5.74) is -0.0329. The van der Waals surface area contributed by atoms with Gasteiger partial charge in [0.05, 0.1) is 13.2 Å². The first-order valence-electron chi connectivity index (χ1n) is 9.09. The fraction of sp³-hybridized carbons (Fsp3) is 0.611. The van der Waals surface area contributed by atoms with Gasteiger partial charge in [-0.15, -0.1) is 0 Å². The van der Waals surface area contributed by atoms with Gasteiger partial charge in [-0.05, 0) is 26.0 Å². The van der Waals surface area contributed by atoms with E-state index in [1.807, 2.05) is 11.9 Å². The molecule has 0 spiro atoms. The van der Waals surface area contributed by atoms with Crippen LogP contribution in [0.2, 0.25) is 0 Å². The molecule has 26 heavy (non-hydrogen) atoms. The first kappa shape index (κ1) is 18.6. The molecule has 0 unspecified atom stereocenters. The zero-order valence-corrected chi connectivity index (χ0v) is 15.1. The molecule has 2 atom stereocenters. The number of hydrogen-bond acceptors (Lipinski definition) is 5. The van der Waals surface area contributed by atoms with Crippen LogP contribution in [0, 0.1) is 0 Å². The Morgan fingerprint density at radius 2 is 1.96 bits per heavy atom. The topological polar surface area (TPSA) is 94.7 Å². The van der Waals surface area contributed by atoms with Gasteiger partial charge in [0, 0.05) is 44.2 Å². The lowest BCUT2D eigenvalue weighted by Crippen LogP contribution is -2.45. The molecule has 0 bridgehead atoms. The van der Waals surface area contributed by atoms with Gasteiger partial charge in [0.1, 0.15) is 5.69 Å². The van der Waals surface area contributed by atoms with Gasteiger partial charge in [0.25, 0.3) is 5.91 Å². The maximum Gasteiger partial charge on any atom is 0.267 e. The van der Waals surface area contributed by atoms with Crippen LogP contribution in [-0.4, -0.2) is 78.6 Å². The van der Waals surface area contributed by atoms with Gasteiger partial charge in [-0.2, -0.15) is 0 Å². The lowest BCUT2D eigenvalue weighted by Gasteiger charge is -2.30. The van der Waals surface area contributed by atoms with Crippen molar-refractivity contribution in [2.24, 2.45) is 0 Å². The van der Waals surface area contributed by atoms with Crippen molar-refractivity contribution < 1.29 is 14.3 Å². The Hall–Kier alpha value is -2.19. The van der Waals surface area contributed by atoms with Crippen LogP contribution in [-0.2, 0) is 9.53 Å². The average molecular weight is 362 g/mol. The number of morpholine rings is 1. The van der Waals surface area contributed by atoms with Gasteiger partial charge < -0.3 is 19.9 Å². The highest BCUT2D eigenvalue weighted by atomic mass is 16.5. The molecule has 3 rings (SSSR count). The number of H-pyrrole nitrogens is 1. The molecule has 8 nitrogen and oxygen atoms in total. The predicted molar refractivity (Wildman–Crippen MR) is 96.0 cm³/mol. The Balaban J connectivity index is 1.47. The molecule has 1 aromatic heterocycles. The molecule has 2 N–H and O–H groups in total. The van der Waals surface area contributed by atoms with E-state index in [9.17, 15) is 14.4 Å². The molecule has 0 aromatic carbocycles. The highest BCUT2D eigenvalue weighted by molar-refractivity contribution is 5.92. The van der Waals surface area contributed by atoms with Crippen molar-refractivity contribution in [2.45, 2.75) is 31.3 Å². The minimum atomic E-state index is -0.294. The second-order valence-electron chi connectivity index (χ2n) is 6.89. The SMILES string of the molecule is CN1[C@@H](CC(=O)N2CCOCC2)CC[C@H]1CNC(=O)c1cccc(=O)[nH]1. The number of aromatic amines is 1. The van der Waals surface area contributed by atoms with Crippen molar-refractivity contribution in [3.8, 4) is 0 Å². The Morgan fingerprint density at radius 1 is 1.23 bits per heavy atom. The van der Waals surface area contributed by atoms with Crippen LogP contribution in [0.25, 0.3) is 0 Å². The summed E-state index contributed by atoms with van der Waals surface area (Å²) < 4.78 is 5.29. The smallest absolute Gasteiger partial charge is 0.267 e. The number of ether oxygens (including phenoxy) is 1. The number of likely N-dealkylation sites (N-methyl/N-ethyl adjacent to an activating group) is 1. The van der Waals surface area contributed by atoms with Crippen LogP contribution < -0.4 is 10.9 Å². The summed E-state index contributed by atoms with van der Waals surface area (Å²) in [4.78, 5) is 42.5. The van der Waals surface area contributed by atoms with Crippen LogP contribution in [0.1, 0.15) is 29.8 Å². The average Bonchev–Trinajstić information content (AvgIpc) is 3.00. The molecule has 142 valence electrons. The van der Waals surface area contributed by atoms with E-state index < -0.39 is 0 Å². The number of carbonyl (C=O) groups excluding carboxylic acids is 2. The highest BCUT2D eigenvalue weighted by Gasteiger charge is 2.33. The second-order valence-corrected chi connectivity index (χ2v) is 6.89. The van der Waals surface area contributed by atoms with Gasteiger partial charge >= 0.3 is 0 Å². The number of rotatable bonds is 5. The van der Waals surface area contributed by atoms with Gasteiger partial charge in [-0.25, -0.2) is 0 Å². The summed E-state index contributed by atoms with van der Waals surface area (Å²) in [6, 6.07) is 4.90. The van der Waals surface area contributed by atoms with Crippen LogP contribution in [0.5, 0.6) is 0 Å². The molecule has 8 heteroatoms. The number of likely N-dealkylation sites (tertiary alicyclic amines) is 1. The Labute approximate surface area is 152 Å². The fourth-order valence-electron chi connectivity index (χ4n) is 3.61. The first-order valence-corrected chi connectivity index (χ1v) is 9.09. The standard InChI is InChI=1S/C18H26N4O4/c1-21-13(11-17(24)22-7-9-26-10-8-22)5-6-14(21)12-19-18(25)15-3-2-4-16(23)20-15/h2-4,13-14H,5-12H2,1H3,(H,19,25)(H,20,23)/t13-,14+/m1/s1. The molecular formula is C18H26N4O4. The van der Waals surface area contributed by atoms with Crippen LogP contribution >= 0.6 is 0 Å². The molecule has 2 aliphatic heterocycles. The van der Waals surface area contributed by atoms with E-state index in [0.717, 1.165) is 12.8 Å². The summed E-state index contributed by atoms with van der Waals surface area (Å²) in [5.74, 6) is -0.111. The van der Waals surface area contributed by atoms with Crippen LogP contribution in [0.15, 0.2) is 23.0 Å². The molecule has 2 aliphatic rings. The maximum absolute atomic E-state index is 12.4. The Kier molecular flexibility index (Phi) is 6.05. The lowest BCUT2D eigenvalue weighted by atomic mass is 10.1. The number of hydrogen-bond donors (Lipinski definition) is 2. The van der Waals surface area contributed by atoms with Crippen LogP contribution in [0.4, 0.5) is 0 Å². The first-order chi connectivity index (χ1) is 12.5. The molecule has 0 radical (unpaired) electrons. The van der Waals surface area contributed by atoms with Gasteiger partial charge in [0.15, 0.2) is 0 Å². The van der Waals surface area contributed by atoms with Crippen molar-refractivity contribution in [3.63, 3.8) is 0 Å². The van der Waals surface area contributed by atoms with E-state index in [1.54, 1.807) is 12.1 Å². The quantitative estimate of drug-likeness (QED) is 0.758. The Morgan fingerprint density at radius 3 is 2.69 bits per heavy atom. The Bertz CT molecular complexity index is 698. The molecule has 0 saturated carbocycles. The number of nitrogens with one attached hydrogen (secondary N) is 2. The molecule has 2 saturated heterocycles. The summed E-state index contributed by atoms with van der Waals surface area (Å²) in [5, 5.41) is 2.87. The zero-order valence-electron chi connectivity index (χ0n) is 15.1. The second kappa shape index (κ2) is 8.46. The minimum Gasteiger partial charge on any atom is -0.378 e. The predicted octanol–water partition coefficient (Wildman–Crippen LogP) is -0.184. The number of pyridine rings is 1. The van der Waals surface area contributed by atoms with E-state index in [0.29, 0.717) is 39.3 Å². The molecular weight excluding hydrogens is 336 g/mol. The van der Waals surface area contributed by atoms with Crippen molar-refractivity contribution >= 4 is 11.8 Å². The third-order valence-electron chi connectivity index (χ3n) is 5.27. The van der Waals surface area contributed by atoms with Crippen molar-refractivity contribution in [3.05, 3.63) is 34.2 Å². The van der Waals surface area contributed by atoms with E-state index >= 15 is 0 Å². The highest BCUT2D eigenvalue weighted by Crippen LogP contribution is 2.25. The van der Waals surface area contributed by atoms with Gasteiger partial charge in [-0.3, -0.25) is 19.3 Å². The normalized spacial score (nSPS) is 23.8. The number of nitrogens with zero attached hydrogens (tertiary/aromatic N) is 2. The molecule has 3 heterocycles. The molecule has 2 fully saturated rings. The summed E-state index contributed by atoms with van der Waals surface area (Å²) in [6.07, 6.45) is 2.38. The summed E-state index contributed by atoms with van der Waals surface area (Å²) >= 11 is 0. The monoisotopic (exact) mass is 362 g/mol. The maximum atomic E-state index is 12.4. The number of amides is 2. The van der Waals surface area contributed by atoms with Crippen molar-refractivity contribution in [1.29, 1.82) is 0 Å². The zero-order chi connectivity index (χ0) is 18.5. The fourth-order valence-corrected chi connectivity index (χ4v) is 3.61. The van der Waals surface area contributed by atoms with E-state index in [-0.39, 0.29) is 35.2 Å². The van der Waals surface area contributed by atoms with Gasteiger partial charge in [-0.1, -0.05) is 6.07 Å². The third-order valence-corrected chi connectivity index (χ3v) is 5.27.